The van der Waals surface area contributed by atoms with Crippen LogP contribution in [0.15, 0.2) is 28.7 Å². The van der Waals surface area contributed by atoms with Crippen molar-refractivity contribution >= 4 is 27.6 Å². The molecule has 0 aliphatic rings. The Labute approximate surface area is 134 Å². The number of carbonyl (C=O) groups excluding carboxylic acids is 2. The van der Waals surface area contributed by atoms with Crippen molar-refractivity contribution in [2.24, 2.45) is 5.92 Å². The van der Waals surface area contributed by atoms with Crippen LogP contribution < -0.4 is 5.32 Å². The van der Waals surface area contributed by atoms with E-state index in [-0.39, 0.29) is 17.6 Å². The third kappa shape index (κ3) is 4.14. The Balaban J connectivity index is 2.99. The molecular formula is C16H22BrNO3. The van der Waals surface area contributed by atoms with Crippen LogP contribution in [0.5, 0.6) is 0 Å². The molecule has 0 aromatic heterocycles. The van der Waals surface area contributed by atoms with E-state index in [4.69, 9.17) is 4.74 Å². The third-order valence-corrected chi connectivity index (χ3v) is 4.44. The Bertz CT molecular complexity index is 513. The highest BCUT2D eigenvalue weighted by Crippen LogP contribution is 2.23. The summed E-state index contributed by atoms with van der Waals surface area (Å²) in [5.74, 6) is -0.399. The van der Waals surface area contributed by atoms with Crippen molar-refractivity contribution in [3.05, 3.63) is 34.3 Å². The lowest BCUT2D eigenvalue weighted by atomic mass is 9.84. The lowest BCUT2D eigenvalue weighted by Crippen LogP contribution is -2.56. The average molecular weight is 356 g/mol. The summed E-state index contributed by atoms with van der Waals surface area (Å²) < 4.78 is 6.23. The van der Waals surface area contributed by atoms with Gasteiger partial charge in [-0.2, -0.15) is 0 Å². The molecule has 4 nitrogen and oxygen atoms in total. The Hall–Kier alpha value is -1.20. The molecule has 0 bridgehead atoms. The van der Waals surface area contributed by atoms with Crippen molar-refractivity contribution in [1.29, 1.82) is 0 Å². The van der Waals surface area contributed by atoms with Crippen LogP contribution in [0.3, 0.4) is 0 Å². The SMILES string of the molecule is CO[C@H](C(=O)NC(C)(C(C)=O)C(C)C)c1ccc(Br)cc1. The number of ether oxygens (including phenoxy) is 1. The monoisotopic (exact) mass is 355 g/mol. The van der Waals surface area contributed by atoms with Crippen LogP contribution in [0.2, 0.25) is 0 Å². The third-order valence-electron chi connectivity index (χ3n) is 3.92. The molecule has 116 valence electrons. The quantitative estimate of drug-likeness (QED) is 0.851. The first-order valence-corrected chi connectivity index (χ1v) is 7.63. The van der Waals surface area contributed by atoms with Gasteiger partial charge in [0.1, 0.15) is 0 Å². The number of carbonyl (C=O) groups is 2. The van der Waals surface area contributed by atoms with Gasteiger partial charge in [-0.3, -0.25) is 9.59 Å². The molecule has 0 aliphatic carbocycles. The van der Waals surface area contributed by atoms with Gasteiger partial charge in [0.25, 0.3) is 5.91 Å². The van der Waals surface area contributed by atoms with Crippen LogP contribution in [0.1, 0.15) is 39.4 Å². The number of halogens is 1. The van der Waals surface area contributed by atoms with E-state index in [2.05, 4.69) is 21.2 Å². The number of benzene rings is 1. The Morgan fingerprint density at radius 1 is 1.24 bits per heavy atom. The Kier molecular flexibility index (Phi) is 6.10. The van der Waals surface area contributed by atoms with Gasteiger partial charge in [-0.05, 0) is 37.5 Å². The van der Waals surface area contributed by atoms with E-state index in [1.165, 1.54) is 14.0 Å². The molecule has 1 rings (SSSR count). The van der Waals surface area contributed by atoms with Crippen molar-refractivity contribution in [1.82, 2.24) is 5.32 Å². The number of rotatable bonds is 6. The van der Waals surface area contributed by atoms with Gasteiger partial charge in [0.05, 0.1) is 5.54 Å². The maximum absolute atomic E-state index is 12.5. The second kappa shape index (κ2) is 7.18. The first kappa shape index (κ1) is 17.9. The Morgan fingerprint density at radius 3 is 2.14 bits per heavy atom. The summed E-state index contributed by atoms with van der Waals surface area (Å²) in [5, 5.41) is 2.83. The highest BCUT2D eigenvalue weighted by Gasteiger charge is 2.37. The number of hydrogen-bond donors (Lipinski definition) is 1. The number of hydrogen-bond acceptors (Lipinski definition) is 3. The second-order valence-electron chi connectivity index (χ2n) is 5.57. The van der Waals surface area contributed by atoms with E-state index in [0.29, 0.717) is 0 Å². The first-order valence-electron chi connectivity index (χ1n) is 6.83. The molecule has 1 aromatic rings. The minimum Gasteiger partial charge on any atom is -0.367 e. The second-order valence-corrected chi connectivity index (χ2v) is 6.49. The van der Waals surface area contributed by atoms with Gasteiger partial charge in [0, 0.05) is 11.6 Å². The van der Waals surface area contributed by atoms with Crippen molar-refractivity contribution in [2.45, 2.75) is 39.3 Å². The van der Waals surface area contributed by atoms with Crippen LogP contribution >= 0.6 is 15.9 Å². The molecular weight excluding hydrogens is 334 g/mol. The smallest absolute Gasteiger partial charge is 0.254 e. The molecule has 0 aliphatic heterocycles. The number of nitrogens with one attached hydrogen (secondary N) is 1. The van der Waals surface area contributed by atoms with E-state index < -0.39 is 11.6 Å². The summed E-state index contributed by atoms with van der Waals surface area (Å²) in [4.78, 5) is 24.4. The summed E-state index contributed by atoms with van der Waals surface area (Å²) in [5.41, 5.74) is -0.156. The van der Waals surface area contributed by atoms with E-state index in [1.54, 1.807) is 6.92 Å². The maximum atomic E-state index is 12.5. The lowest BCUT2D eigenvalue weighted by molar-refractivity contribution is -0.138. The molecule has 0 fully saturated rings. The molecule has 5 heteroatoms. The van der Waals surface area contributed by atoms with Gasteiger partial charge in [-0.1, -0.05) is 41.9 Å². The number of amides is 1. The zero-order valence-electron chi connectivity index (χ0n) is 13.1. The molecule has 0 radical (unpaired) electrons. The standard InChI is InChI=1S/C16H22BrNO3/c1-10(2)16(4,11(3)19)18-15(20)14(21-5)12-6-8-13(17)9-7-12/h6-10,14H,1-5H3,(H,18,20)/t14-,16?/m0/s1. The van der Waals surface area contributed by atoms with Gasteiger partial charge < -0.3 is 10.1 Å². The molecule has 0 heterocycles. The molecule has 1 N–H and O–H groups in total. The molecule has 21 heavy (non-hydrogen) atoms. The normalized spacial score (nSPS) is 15.4. The van der Waals surface area contributed by atoms with Crippen molar-refractivity contribution in [3.8, 4) is 0 Å². The molecule has 0 spiro atoms. The minimum atomic E-state index is -0.900. The summed E-state index contributed by atoms with van der Waals surface area (Å²) in [6, 6.07) is 7.33. The molecule has 1 unspecified atom stereocenters. The Morgan fingerprint density at radius 2 is 1.76 bits per heavy atom. The summed E-state index contributed by atoms with van der Waals surface area (Å²) >= 11 is 3.35. The van der Waals surface area contributed by atoms with Gasteiger partial charge in [-0.25, -0.2) is 0 Å². The highest BCUT2D eigenvalue weighted by molar-refractivity contribution is 9.10. The first-order chi connectivity index (χ1) is 9.72. The fourth-order valence-electron chi connectivity index (χ4n) is 1.99. The predicted molar refractivity (Wildman–Crippen MR) is 86.0 cm³/mol. The van der Waals surface area contributed by atoms with E-state index in [9.17, 15) is 9.59 Å². The maximum Gasteiger partial charge on any atom is 0.254 e. The number of methoxy groups -OCH3 is 1. The molecule has 0 saturated carbocycles. The summed E-state index contributed by atoms with van der Waals surface area (Å²) in [7, 11) is 1.48. The minimum absolute atomic E-state index is 0.0126. The topological polar surface area (TPSA) is 55.4 Å². The van der Waals surface area contributed by atoms with E-state index in [1.807, 2.05) is 38.1 Å². The van der Waals surface area contributed by atoms with Crippen LogP contribution in [0.25, 0.3) is 0 Å². The van der Waals surface area contributed by atoms with Crippen molar-refractivity contribution in [2.75, 3.05) is 7.11 Å². The average Bonchev–Trinajstić information content (AvgIpc) is 2.41. The highest BCUT2D eigenvalue weighted by atomic mass is 79.9. The largest absolute Gasteiger partial charge is 0.367 e. The summed E-state index contributed by atoms with van der Waals surface area (Å²) in [6.07, 6.45) is -0.740. The number of ketones is 1. The van der Waals surface area contributed by atoms with Crippen LogP contribution in [0.4, 0.5) is 0 Å². The molecule has 2 atom stereocenters. The zero-order chi connectivity index (χ0) is 16.2. The molecule has 0 saturated heterocycles. The van der Waals surface area contributed by atoms with Crippen LogP contribution in [0, 0.1) is 5.92 Å². The van der Waals surface area contributed by atoms with Crippen molar-refractivity contribution in [3.63, 3.8) is 0 Å². The molecule has 1 aromatic carbocycles. The predicted octanol–water partition coefficient (Wildman–Crippen LogP) is 3.26. The van der Waals surface area contributed by atoms with Crippen LogP contribution in [-0.4, -0.2) is 24.3 Å². The number of Topliss-reactive ketones (excluding diaryl/α,β-unsaturated/α-hetero) is 1. The fraction of sp³-hybridized carbons (Fsp3) is 0.500. The van der Waals surface area contributed by atoms with E-state index in [0.717, 1.165) is 10.0 Å². The van der Waals surface area contributed by atoms with Crippen molar-refractivity contribution < 1.29 is 14.3 Å². The van der Waals surface area contributed by atoms with Gasteiger partial charge in [0.2, 0.25) is 0 Å². The molecule has 1 amide bonds. The van der Waals surface area contributed by atoms with Crippen LogP contribution in [-0.2, 0) is 14.3 Å². The fourth-order valence-corrected chi connectivity index (χ4v) is 2.26. The van der Waals surface area contributed by atoms with Gasteiger partial charge in [-0.15, -0.1) is 0 Å². The lowest BCUT2D eigenvalue weighted by Gasteiger charge is -2.33. The van der Waals surface area contributed by atoms with E-state index >= 15 is 0 Å². The summed E-state index contributed by atoms with van der Waals surface area (Å²) in [6.45, 7) is 7.04. The van der Waals surface area contributed by atoms with Gasteiger partial charge in [0.15, 0.2) is 11.9 Å². The zero-order valence-corrected chi connectivity index (χ0v) is 14.7. The van der Waals surface area contributed by atoms with Gasteiger partial charge >= 0.3 is 0 Å².